The maximum Gasteiger partial charge on any atom is 0.344 e. The Kier molecular flexibility index (Phi) is 4.39. The van der Waals surface area contributed by atoms with E-state index in [0.717, 1.165) is 4.47 Å². The number of halogens is 1. The van der Waals surface area contributed by atoms with E-state index in [9.17, 15) is 4.79 Å². The smallest absolute Gasteiger partial charge is 0.344 e. The van der Waals surface area contributed by atoms with Crippen LogP contribution in [0.5, 0.6) is 5.88 Å². The number of hydrogen-bond donors (Lipinski definition) is 0. The first kappa shape index (κ1) is 11.0. The van der Waals surface area contributed by atoms with Gasteiger partial charge in [0, 0.05) is 16.7 Å². The van der Waals surface area contributed by atoms with Gasteiger partial charge in [0.05, 0.1) is 6.61 Å². The maximum absolute atomic E-state index is 10.9. The lowest BCUT2D eigenvalue weighted by Gasteiger charge is -2.04. The first-order valence-corrected chi connectivity index (χ1v) is 4.91. The number of pyridine rings is 1. The van der Waals surface area contributed by atoms with Crippen molar-refractivity contribution in [2.24, 2.45) is 0 Å². The minimum absolute atomic E-state index is 0.114. The summed E-state index contributed by atoms with van der Waals surface area (Å²) in [4.78, 5) is 14.8. The van der Waals surface area contributed by atoms with Crippen molar-refractivity contribution < 1.29 is 14.3 Å². The van der Waals surface area contributed by atoms with E-state index >= 15 is 0 Å². The van der Waals surface area contributed by atoms with Gasteiger partial charge >= 0.3 is 5.97 Å². The third kappa shape index (κ3) is 3.74. The Morgan fingerprint density at radius 3 is 3.07 bits per heavy atom. The summed E-state index contributed by atoms with van der Waals surface area (Å²) in [5, 5.41) is 0. The molecule has 0 aliphatic rings. The van der Waals surface area contributed by atoms with E-state index in [-0.39, 0.29) is 6.61 Å². The molecule has 14 heavy (non-hydrogen) atoms. The average molecular weight is 260 g/mol. The lowest BCUT2D eigenvalue weighted by Crippen LogP contribution is -2.14. The molecule has 0 unspecified atom stereocenters. The normalized spacial score (nSPS) is 9.57. The summed E-state index contributed by atoms with van der Waals surface area (Å²) in [5.41, 5.74) is 0. The summed E-state index contributed by atoms with van der Waals surface area (Å²) in [6, 6.07) is 3.45. The highest BCUT2D eigenvalue weighted by Gasteiger charge is 2.03. The summed E-state index contributed by atoms with van der Waals surface area (Å²) < 4.78 is 10.6. The molecule has 1 aromatic rings. The van der Waals surface area contributed by atoms with Crippen LogP contribution in [-0.2, 0) is 9.53 Å². The Morgan fingerprint density at radius 1 is 1.64 bits per heavy atom. The largest absolute Gasteiger partial charge is 0.466 e. The summed E-state index contributed by atoms with van der Waals surface area (Å²) in [7, 11) is 0. The Labute approximate surface area is 90.4 Å². The van der Waals surface area contributed by atoms with Crippen LogP contribution < -0.4 is 4.74 Å². The molecule has 5 heteroatoms. The van der Waals surface area contributed by atoms with Crippen LogP contribution in [0.4, 0.5) is 0 Å². The molecule has 0 fully saturated rings. The van der Waals surface area contributed by atoms with Gasteiger partial charge in [-0.05, 0) is 13.0 Å². The van der Waals surface area contributed by atoms with E-state index in [4.69, 9.17) is 9.47 Å². The Morgan fingerprint density at radius 2 is 2.43 bits per heavy atom. The van der Waals surface area contributed by atoms with Crippen molar-refractivity contribution in [1.29, 1.82) is 0 Å². The van der Waals surface area contributed by atoms with Crippen LogP contribution in [0.15, 0.2) is 22.8 Å². The Balaban J connectivity index is 2.41. The Hall–Kier alpha value is -1.10. The topological polar surface area (TPSA) is 48.4 Å². The van der Waals surface area contributed by atoms with E-state index in [2.05, 4.69) is 20.9 Å². The number of ether oxygens (including phenoxy) is 2. The van der Waals surface area contributed by atoms with Gasteiger partial charge in [-0.15, -0.1) is 0 Å². The van der Waals surface area contributed by atoms with Crippen molar-refractivity contribution in [3.8, 4) is 5.88 Å². The highest BCUT2D eigenvalue weighted by atomic mass is 79.9. The number of carbonyl (C=O) groups excluding carboxylic acids is 1. The van der Waals surface area contributed by atoms with Gasteiger partial charge in [0.15, 0.2) is 6.61 Å². The SMILES string of the molecule is CCOC(=O)COc1cc(Br)ccn1. The molecule has 0 saturated heterocycles. The Bertz CT molecular complexity index is 317. The lowest BCUT2D eigenvalue weighted by molar-refractivity contribution is -0.145. The van der Waals surface area contributed by atoms with E-state index in [1.165, 1.54) is 0 Å². The molecule has 1 heterocycles. The van der Waals surface area contributed by atoms with Crippen molar-refractivity contribution in [2.75, 3.05) is 13.2 Å². The zero-order valence-corrected chi connectivity index (χ0v) is 9.28. The van der Waals surface area contributed by atoms with Gasteiger partial charge in [0.2, 0.25) is 5.88 Å². The molecule has 0 saturated carbocycles. The highest BCUT2D eigenvalue weighted by molar-refractivity contribution is 9.10. The molecule has 0 amide bonds. The third-order valence-corrected chi connectivity index (χ3v) is 1.83. The van der Waals surface area contributed by atoms with Crippen LogP contribution in [0.2, 0.25) is 0 Å². The molecule has 0 radical (unpaired) electrons. The number of rotatable bonds is 4. The summed E-state index contributed by atoms with van der Waals surface area (Å²) >= 11 is 3.26. The molecule has 1 rings (SSSR count). The molecule has 4 nitrogen and oxygen atoms in total. The molecular weight excluding hydrogens is 250 g/mol. The van der Waals surface area contributed by atoms with Crippen molar-refractivity contribution in [2.45, 2.75) is 6.92 Å². The molecule has 0 N–H and O–H groups in total. The van der Waals surface area contributed by atoms with E-state index in [1.807, 2.05) is 0 Å². The predicted molar refractivity (Wildman–Crippen MR) is 54.1 cm³/mol. The van der Waals surface area contributed by atoms with Crippen LogP contribution in [-0.4, -0.2) is 24.2 Å². The van der Waals surface area contributed by atoms with E-state index in [0.29, 0.717) is 12.5 Å². The molecule has 0 atom stereocenters. The van der Waals surface area contributed by atoms with Crippen LogP contribution in [0.1, 0.15) is 6.92 Å². The predicted octanol–water partition coefficient (Wildman–Crippen LogP) is 1.79. The summed E-state index contributed by atoms with van der Waals surface area (Å²) in [5.74, 6) is 0.00158. The molecule has 0 aromatic carbocycles. The third-order valence-electron chi connectivity index (χ3n) is 1.34. The van der Waals surface area contributed by atoms with Gasteiger partial charge in [-0.3, -0.25) is 0 Å². The summed E-state index contributed by atoms with van der Waals surface area (Å²) in [6.07, 6.45) is 1.59. The van der Waals surface area contributed by atoms with E-state index < -0.39 is 5.97 Å². The van der Waals surface area contributed by atoms with E-state index in [1.54, 1.807) is 25.3 Å². The van der Waals surface area contributed by atoms with Crippen molar-refractivity contribution in [3.05, 3.63) is 22.8 Å². The minimum Gasteiger partial charge on any atom is -0.466 e. The van der Waals surface area contributed by atoms with Gasteiger partial charge in [0.1, 0.15) is 0 Å². The molecule has 0 spiro atoms. The van der Waals surface area contributed by atoms with Crippen LogP contribution in [0.3, 0.4) is 0 Å². The zero-order valence-electron chi connectivity index (χ0n) is 7.70. The molecule has 0 bridgehead atoms. The molecule has 0 aliphatic heterocycles. The van der Waals surface area contributed by atoms with Gasteiger partial charge in [-0.2, -0.15) is 0 Å². The van der Waals surface area contributed by atoms with Crippen LogP contribution >= 0.6 is 15.9 Å². The van der Waals surface area contributed by atoms with Gasteiger partial charge in [0.25, 0.3) is 0 Å². The molecule has 76 valence electrons. The van der Waals surface area contributed by atoms with Crippen molar-refractivity contribution >= 4 is 21.9 Å². The summed E-state index contributed by atoms with van der Waals surface area (Å²) in [6.45, 7) is 1.99. The number of carbonyl (C=O) groups is 1. The second kappa shape index (κ2) is 5.59. The minimum atomic E-state index is -0.394. The maximum atomic E-state index is 10.9. The van der Waals surface area contributed by atoms with Gasteiger partial charge in [-0.1, -0.05) is 15.9 Å². The molecular formula is C9H10BrNO3. The fourth-order valence-corrected chi connectivity index (χ4v) is 1.11. The quantitative estimate of drug-likeness (QED) is 0.774. The fourth-order valence-electron chi connectivity index (χ4n) is 0.800. The first-order valence-electron chi connectivity index (χ1n) is 4.12. The second-order valence-electron chi connectivity index (χ2n) is 2.41. The van der Waals surface area contributed by atoms with Crippen molar-refractivity contribution in [3.63, 3.8) is 0 Å². The standard InChI is InChI=1S/C9H10BrNO3/c1-2-13-9(12)6-14-8-5-7(10)3-4-11-8/h3-5H,2,6H2,1H3. The van der Waals surface area contributed by atoms with Crippen molar-refractivity contribution in [1.82, 2.24) is 4.98 Å². The number of nitrogens with zero attached hydrogens (tertiary/aromatic N) is 1. The fraction of sp³-hybridized carbons (Fsp3) is 0.333. The highest BCUT2D eigenvalue weighted by Crippen LogP contribution is 2.14. The molecule has 0 aliphatic carbocycles. The van der Waals surface area contributed by atoms with Gasteiger partial charge < -0.3 is 9.47 Å². The first-order chi connectivity index (χ1) is 6.72. The second-order valence-corrected chi connectivity index (χ2v) is 3.32. The average Bonchev–Trinajstić information content (AvgIpc) is 2.15. The number of esters is 1. The zero-order chi connectivity index (χ0) is 10.4. The monoisotopic (exact) mass is 259 g/mol. The van der Waals surface area contributed by atoms with Gasteiger partial charge in [-0.25, -0.2) is 9.78 Å². The number of hydrogen-bond acceptors (Lipinski definition) is 4. The molecule has 1 aromatic heterocycles. The van der Waals surface area contributed by atoms with Crippen LogP contribution in [0.25, 0.3) is 0 Å². The number of aromatic nitrogens is 1. The lowest BCUT2D eigenvalue weighted by atomic mass is 10.5. The van der Waals surface area contributed by atoms with Crippen LogP contribution in [0, 0.1) is 0 Å².